The standard InChI is InChI=1S/C26H40N2O4/c1-25(2)18-16-20-23(19-8-5-6-9-21(19)31-14-7-12-28(3)4)32-15-11-26(20,17-18)24(25)27-22(30)10-13-29/h5-6,8-9,18,20,23-24,29H,7,10-17H2,1-4H3,(H,27,30)/t18-,20-,23-,24+,26-/m1/s1. The van der Waals surface area contributed by atoms with Crippen LogP contribution in [0.3, 0.4) is 0 Å². The second-order valence-electron chi connectivity index (χ2n) is 10.9. The molecule has 1 saturated heterocycles. The van der Waals surface area contributed by atoms with Gasteiger partial charge in [0.25, 0.3) is 0 Å². The summed E-state index contributed by atoms with van der Waals surface area (Å²) in [4.78, 5) is 14.7. The van der Waals surface area contributed by atoms with Crippen molar-refractivity contribution < 1.29 is 19.4 Å². The third-order valence-electron chi connectivity index (χ3n) is 8.38. The van der Waals surface area contributed by atoms with Gasteiger partial charge >= 0.3 is 0 Å². The molecule has 1 heterocycles. The third-order valence-corrected chi connectivity index (χ3v) is 8.38. The summed E-state index contributed by atoms with van der Waals surface area (Å²) in [6.07, 6.45) is 4.38. The van der Waals surface area contributed by atoms with Crippen molar-refractivity contribution in [2.45, 2.75) is 58.1 Å². The maximum Gasteiger partial charge on any atom is 0.222 e. The van der Waals surface area contributed by atoms with Gasteiger partial charge < -0.3 is 24.8 Å². The van der Waals surface area contributed by atoms with E-state index in [4.69, 9.17) is 9.47 Å². The first kappa shape index (κ1) is 23.5. The predicted molar refractivity (Wildman–Crippen MR) is 124 cm³/mol. The van der Waals surface area contributed by atoms with E-state index in [0.717, 1.165) is 43.5 Å². The van der Waals surface area contributed by atoms with E-state index in [1.54, 1.807) is 0 Å². The van der Waals surface area contributed by atoms with Gasteiger partial charge in [0.1, 0.15) is 5.75 Å². The van der Waals surface area contributed by atoms with Crippen molar-refractivity contribution in [3.63, 3.8) is 0 Å². The predicted octanol–water partition coefficient (Wildman–Crippen LogP) is 3.40. The minimum atomic E-state index is -0.108. The second-order valence-corrected chi connectivity index (χ2v) is 10.9. The van der Waals surface area contributed by atoms with E-state index < -0.39 is 0 Å². The first-order valence-electron chi connectivity index (χ1n) is 12.2. The van der Waals surface area contributed by atoms with Crippen LogP contribution in [0.2, 0.25) is 0 Å². The fourth-order valence-corrected chi connectivity index (χ4v) is 6.84. The number of aliphatic hydroxyl groups is 1. The van der Waals surface area contributed by atoms with Gasteiger partial charge in [0.05, 0.1) is 19.3 Å². The van der Waals surface area contributed by atoms with Gasteiger partial charge in [-0.15, -0.1) is 0 Å². The van der Waals surface area contributed by atoms with E-state index in [1.807, 2.05) is 6.07 Å². The summed E-state index contributed by atoms with van der Waals surface area (Å²) in [5.41, 5.74) is 1.23. The number of carbonyl (C=O) groups excluding carboxylic acids is 1. The van der Waals surface area contributed by atoms with Gasteiger partial charge in [0.2, 0.25) is 5.91 Å². The van der Waals surface area contributed by atoms with Gasteiger partial charge in [-0.05, 0) is 68.5 Å². The summed E-state index contributed by atoms with van der Waals surface area (Å²) < 4.78 is 12.7. The Bertz CT molecular complexity index is 811. The van der Waals surface area contributed by atoms with E-state index in [9.17, 15) is 9.90 Å². The number of amides is 1. The number of para-hydroxylation sites is 1. The van der Waals surface area contributed by atoms with E-state index in [0.29, 0.717) is 25.0 Å². The molecular weight excluding hydrogens is 404 g/mol. The Labute approximate surface area is 192 Å². The quantitative estimate of drug-likeness (QED) is 0.571. The molecule has 1 aromatic carbocycles. The Balaban J connectivity index is 1.57. The number of ether oxygens (including phenoxy) is 2. The van der Waals surface area contributed by atoms with Crippen LogP contribution in [0.1, 0.15) is 57.6 Å². The molecule has 32 heavy (non-hydrogen) atoms. The number of rotatable bonds is 9. The monoisotopic (exact) mass is 444 g/mol. The molecule has 2 bridgehead atoms. The highest BCUT2D eigenvalue weighted by molar-refractivity contribution is 5.76. The van der Waals surface area contributed by atoms with Crippen molar-refractivity contribution in [2.24, 2.45) is 22.7 Å². The number of nitrogens with zero attached hydrogens (tertiary/aromatic N) is 1. The van der Waals surface area contributed by atoms with Crippen LogP contribution in [0.4, 0.5) is 0 Å². The highest BCUT2D eigenvalue weighted by atomic mass is 16.5. The molecule has 2 aliphatic carbocycles. The summed E-state index contributed by atoms with van der Waals surface area (Å²) in [5.74, 6) is 1.81. The average Bonchev–Trinajstić information content (AvgIpc) is 3.24. The fourth-order valence-electron chi connectivity index (χ4n) is 6.84. The van der Waals surface area contributed by atoms with Gasteiger partial charge in [0, 0.05) is 31.2 Å². The molecule has 0 aromatic heterocycles. The van der Waals surface area contributed by atoms with Crippen LogP contribution >= 0.6 is 0 Å². The van der Waals surface area contributed by atoms with Crippen LogP contribution in [0.5, 0.6) is 5.75 Å². The van der Waals surface area contributed by atoms with Gasteiger partial charge in [0.15, 0.2) is 0 Å². The van der Waals surface area contributed by atoms with Crippen molar-refractivity contribution in [1.82, 2.24) is 10.2 Å². The molecule has 5 atom stereocenters. The molecule has 2 N–H and O–H groups in total. The zero-order chi connectivity index (χ0) is 22.9. The van der Waals surface area contributed by atoms with E-state index >= 15 is 0 Å². The van der Waals surface area contributed by atoms with Crippen LogP contribution in [0, 0.1) is 22.7 Å². The Hall–Kier alpha value is -1.63. The molecule has 0 unspecified atom stereocenters. The third kappa shape index (κ3) is 4.17. The fraction of sp³-hybridized carbons (Fsp3) is 0.731. The zero-order valence-corrected chi connectivity index (χ0v) is 20.1. The number of hydrogen-bond donors (Lipinski definition) is 2. The van der Waals surface area contributed by atoms with Gasteiger partial charge in [-0.3, -0.25) is 4.79 Å². The highest BCUT2D eigenvalue weighted by Crippen LogP contribution is 2.70. The number of aliphatic hydroxyl groups excluding tert-OH is 1. The number of hydrogen-bond acceptors (Lipinski definition) is 5. The summed E-state index contributed by atoms with van der Waals surface area (Å²) in [6.45, 7) is 6.89. The van der Waals surface area contributed by atoms with Crippen molar-refractivity contribution >= 4 is 5.91 Å². The van der Waals surface area contributed by atoms with Gasteiger partial charge in [-0.2, -0.15) is 0 Å². The Morgan fingerprint density at radius 3 is 2.84 bits per heavy atom. The van der Waals surface area contributed by atoms with Crippen LogP contribution in [0.15, 0.2) is 24.3 Å². The maximum absolute atomic E-state index is 12.5. The molecule has 1 spiro atoms. The Morgan fingerprint density at radius 2 is 2.09 bits per heavy atom. The van der Waals surface area contributed by atoms with Crippen LogP contribution < -0.4 is 10.1 Å². The first-order chi connectivity index (χ1) is 15.3. The van der Waals surface area contributed by atoms with Crippen molar-refractivity contribution in [3.8, 4) is 5.75 Å². The Morgan fingerprint density at radius 1 is 1.31 bits per heavy atom. The molecule has 1 amide bonds. The molecule has 4 rings (SSSR count). The molecule has 1 aliphatic heterocycles. The minimum absolute atomic E-state index is 0.00728. The molecule has 178 valence electrons. The lowest BCUT2D eigenvalue weighted by Gasteiger charge is -2.53. The molecule has 6 heteroatoms. The highest BCUT2D eigenvalue weighted by Gasteiger charge is 2.68. The second kappa shape index (κ2) is 9.32. The van der Waals surface area contributed by atoms with Gasteiger partial charge in [-0.1, -0.05) is 32.0 Å². The molecule has 1 aromatic rings. The largest absolute Gasteiger partial charge is 0.493 e. The number of nitrogens with one attached hydrogen (secondary N) is 1. The smallest absolute Gasteiger partial charge is 0.222 e. The normalized spacial score (nSPS) is 32.7. The van der Waals surface area contributed by atoms with Crippen molar-refractivity contribution in [1.29, 1.82) is 0 Å². The zero-order valence-electron chi connectivity index (χ0n) is 20.1. The Kier molecular flexibility index (Phi) is 6.85. The first-order valence-corrected chi connectivity index (χ1v) is 12.2. The van der Waals surface area contributed by atoms with Crippen LogP contribution in [-0.4, -0.2) is 62.4 Å². The number of fused-ring (bicyclic) bond motifs is 1. The molecular formula is C26H40N2O4. The molecule has 3 aliphatic rings. The molecule has 3 fully saturated rings. The minimum Gasteiger partial charge on any atom is -0.493 e. The summed E-state index contributed by atoms with van der Waals surface area (Å²) >= 11 is 0. The van der Waals surface area contributed by atoms with Crippen LogP contribution in [0.25, 0.3) is 0 Å². The lowest BCUT2D eigenvalue weighted by atomic mass is 9.58. The SMILES string of the molecule is CN(C)CCCOc1ccccc1[C@H]1OCC[C@@]23C[C@@H](C[C@H]12)C(C)(C)[C@@H]3NC(=O)CCO. The van der Waals surface area contributed by atoms with E-state index in [2.05, 4.69) is 56.4 Å². The molecule has 6 nitrogen and oxygen atoms in total. The molecule has 0 radical (unpaired) electrons. The lowest BCUT2D eigenvalue weighted by molar-refractivity contribution is -0.138. The molecule has 2 saturated carbocycles. The lowest BCUT2D eigenvalue weighted by Crippen LogP contribution is -2.59. The summed E-state index contributed by atoms with van der Waals surface area (Å²) in [6, 6.07) is 8.43. The average molecular weight is 445 g/mol. The van der Waals surface area contributed by atoms with Crippen molar-refractivity contribution in [3.05, 3.63) is 29.8 Å². The van der Waals surface area contributed by atoms with E-state index in [-0.39, 0.29) is 41.9 Å². The topological polar surface area (TPSA) is 71.0 Å². The van der Waals surface area contributed by atoms with Crippen LogP contribution in [-0.2, 0) is 9.53 Å². The number of carbonyl (C=O) groups is 1. The van der Waals surface area contributed by atoms with Crippen molar-refractivity contribution in [2.75, 3.05) is 40.5 Å². The number of benzene rings is 1. The maximum atomic E-state index is 12.5. The summed E-state index contributed by atoms with van der Waals surface area (Å²) in [7, 11) is 4.16. The van der Waals surface area contributed by atoms with Gasteiger partial charge in [-0.25, -0.2) is 0 Å². The van der Waals surface area contributed by atoms with E-state index in [1.165, 1.54) is 0 Å². The summed E-state index contributed by atoms with van der Waals surface area (Å²) in [5, 5.41) is 12.6.